The molecule has 0 spiro atoms. The fourth-order valence-electron chi connectivity index (χ4n) is 3.81. The molecule has 0 saturated heterocycles. The number of amides is 2. The molecule has 3 aromatic rings. The van der Waals surface area contributed by atoms with Gasteiger partial charge in [-0.25, -0.2) is 0 Å². The number of carbonyl (C=O) groups excluding carboxylic acids is 2. The van der Waals surface area contributed by atoms with Crippen molar-refractivity contribution in [3.63, 3.8) is 0 Å². The number of hydrogen-bond donors (Lipinski definition) is 3. The van der Waals surface area contributed by atoms with Crippen molar-refractivity contribution in [2.45, 2.75) is 12.8 Å². The summed E-state index contributed by atoms with van der Waals surface area (Å²) < 4.78 is 11.4. The molecular formula is C25H25N3O4. The van der Waals surface area contributed by atoms with Crippen molar-refractivity contribution in [3.05, 3.63) is 77.4 Å². The Balaban J connectivity index is 1.42. The summed E-state index contributed by atoms with van der Waals surface area (Å²) in [4.78, 5) is 23.7. The van der Waals surface area contributed by atoms with Crippen molar-refractivity contribution < 1.29 is 19.1 Å². The van der Waals surface area contributed by atoms with E-state index in [0.29, 0.717) is 43.9 Å². The normalized spacial score (nSPS) is 12.3. The van der Waals surface area contributed by atoms with Gasteiger partial charge in [0.2, 0.25) is 11.8 Å². The van der Waals surface area contributed by atoms with Crippen molar-refractivity contribution in [2.24, 2.45) is 5.73 Å². The van der Waals surface area contributed by atoms with E-state index in [-0.39, 0.29) is 5.91 Å². The Bertz CT molecular complexity index is 1140. The lowest BCUT2D eigenvalue weighted by Crippen LogP contribution is -2.16. The number of ether oxygens (including phenoxy) is 2. The van der Waals surface area contributed by atoms with Crippen LogP contribution in [0.1, 0.15) is 21.5 Å². The predicted octanol–water partition coefficient (Wildman–Crippen LogP) is 3.17. The average molecular weight is 431 g/mol. The molecule has 7 nitrogen and oxygen atoms in total. The monoisotopic (exact) mass is 431 g/mol. The number of nitrogen functional groups attached to an aromatic ring is 1. The number of primary amides is 1. The fraction of sp³-hybridized carbons (Fsp3) is 0.200. The molecule has 2 amide bonds. The number of benzene rings is 3. The van der Waals surface area contributed by atoms with Gasteiger partial charge in [-0.3, -0.25) is 9.59 Å². The van der Waals surface area contributed by atoms with Crippen LogP contribution in [0, 0.1) is 0 Å². The van der Waals surface area contributed by atoms with Crippen LogP contribution in [0.15, 0.2) is 60.7 Å². The van der Waals surface area contributed by atoms with E-state index < -0.39 is 5.91 Å². The Morgan fingerprint density at radius 2 is 1.81 bits per heavy atom. The minimum atomic E-state index is -0.480. The highest BCUT2D eigenvalue weighted by Crippen LogP contribution is 2.32. The maximum Gasteiger partial charge on any atom is 0.248 e. The number of carbonyl (C=O) groups is 2. The van der Waals surface area contributed by atoms with E-state index in [2.05, 4.69) is 5.32 Å². The Morgan fingerprint density at radius 3 is 2.59 bits per heavy atom. The SMILES string of the molecule is NC(=O)c1cccc(-c2ccc3c(c2)CC(=O)N3)c1CCOCCOc1ccc(N)cc1. The van der Waals surface area contributed by atoms with E-state index in [1.165, 1.54) is 0 Å². The summed E-state index contributed by atoms with van der Waals surface area (Å²) in [7, 11) is 0. The smallest absolute Gasteiger partial charge is 0.248 e. The number of hydrogen-bond acceptors (Lipinski definition) is 5. The molecule has 32 heavy (non-hydrogen) atoms. The van der Waals surface area contributed by atoms with E-state index in [1.54, 1.807) is 18.2 Å². The zero-order valence-electron chi connectivity index (χ0n) is 17.6. The van der Waals surface area contributed by atoms with Gasteiger partial charge < -0.3 is 26.3 Å². The van der Waals surface area contributed by atoms with Crippen molar-refractivity contribution in [1.29, 1.82) is 0 Å². The second-order valence-corrected chi connectivity index (χ2v) is 7.57. The van der Waals surface area contributed by atoms with Crippen LogP contribution >= 0.6 is 0 Å². The molecule has 5 N–H and O–H groups in total. The Labute approximate surface area is 186 Å². The molecule has 164 valence electrons. The lowest BCUT2D eigenvalue weighted by Gasteiger charge is -2.15. The number of nitrogens with two attached hydrogens (primary N) is 2. The highest BCUT2D eigenvalue weighted by molar-refractivity contribution is 6.00. The molecule has 0 bridgehead atoms. The molecule has 0 saturated carbocycles. The third kappa shape index (κ3) is 4.90. The number of anilines is 2. The molecule has 1 aliphatic rings. The first kappa shape index (κ1) is 21.4. The first-order valence-corrected chi connectivity index (χ1v) is 10.4. The quantitative estimate of drug-likeness (QED) is 0.355. The van der Waals surface area contributed by atoms with E-state index in [9.17, 15) is 9.59 Å². The van der Waals surface area contributed by atoms with Crippen molar-refractivity contribution in [1.82, 2.24) is 0 Å². The van der Waals surface area contributed by atoms with Crippen molar-refractivity contribution in [3.8, 4) is 16.9 Å². The van der Waals surface area contributed by atoms with E-state index in [4.69, 9.17) is 20.9 Å². The average Bonchev–Trinajstić information content (AvgIpc) is 3.16. The summed E-state index contributed by atoms with van der Waals surface area (Å²) in [6, 6.07) is 18.5. The van der Waals surface area contributed by atoms with E-state index in [0.717, 1.165) is 33.7 Å². The maximum absolute atomic E-state index is 12.0. The molecular weight excluding hydrogens is 406 g/mol. The van der Waals surface area contributed by atoms with Crippen LogP contribution in [0.5, 0.6) is 5.75 Å². The number of fused-ring (bicyclic) bond motifs is 1. The van der Waals surface area contributed by atoms with Crippen LogP contribution in [-0.4, -0.2) is 31.6 Å². The fourth-order valence-corrected chi connectivity index (χ4v) is 3.81. The van der Waals surface area contributed by atoms with Crippen LogP contribution in [-0.2, 0) is 22.4 Å². The van der Waals surface area contributed by atoms with Gasteiger partial charge in [0.15, 0.2) is 0 Å². The Morgan fingerprint density at radius 1 is 1.00 bits per heavy atom. The largest absolute Gasteiger partial charge is 0.491 e. The maximum atomic E-state index is 12.0. The standard InChI is InChI=1S/C25H25N3O4/c26-18-5-7-19(8-6-18)32-13-12-31-11-10-21-20(2-1-3-22(21)25(27)30)16-4-9-23-17(14-16)15-24(29)28-23/h1-9,14H,10-13,15,26H2,(H2,27,30)(H,28,29). The van der Waals surface area contributed by atoms with Crippen LogP contribution < -0.4 is 21.5 Å². The topological polar surface area (TPSA) is 117 Å². The molecule has 1 heterocycles. The van der Waals surface area contributed by atoms with Crippen LogP contribution in [0.4, 0.5) is 11.4 Å². The number of rotatable bonds is 9. The zero-order valence-corrected chi connectivity index (χ0v) is 17.6. The van der Waals surface area contributed by atoms with E-state index in [1.807, 2.05) is 42.5 Å². The van der Waals surface area contributed by atoms with Gasteiger partial charge >= 0.3 is 0 Å². The predicted molar refractivity (Wildman–Crippen MR) is 124 cm³/mol. The molecule has 0 aromatic heterocycles. The van der Waals surface area contributed by atoms with Crippen molar-refractivity contribution in [2.75, 3.05) is 30.9 Å². The highest BCUT2D eigenvalue weighted by atomic mass is 16.5. The van der Waals surface area contributed by atoms with Crippen LogP contribution in [0.25, 0.3) is 11.1 Å². The zero-order chi connectivity index (χ0) is 22.5. The first-order chi connectivity index (χ1) is 15.5. The lowest BCUT2D eigenvalue weighted by atomic mass is 9.92. The minimum Gasteiger partial charge on any atom is -0.491 e. The van der Waals surface area contributed by atoms with Gasteiger partial charge in [-0.05, 0) is 71.1 Å². The van der Waals surface area contributed by atoms with Gasteiger partial charge in [0.25, 0.3) is 0 Å². The third-order valence-electron chi connectivity index (χ3n) is 5.36. The molecule has 0 radical (unpaired) electrons. The molecule has 0 aliphatic carbocycles. The van der Waals surface area contributed by atoms with Gasteiger partial charge in [0.1, 0.15) is 12.4 Å². The van der Waals surface area contributed by atoms with Gasteiger partial charge in [-0.2, -0.15) is 0 Å². The van der Waals surface area contributed by atoms with Gasteiger partial charge in [0, 0.05) is 16.9 Å². The van der Waals surface area contributed by atoms with Crippen LogP contribution in [0.3, 0.4) is 0 Å². The molecule has 1 aliphatic heterocycles. The molecule has 0 atom stereocenters. The van der Waals surface area contributed by atoms with Crippen LogP contribution in [0.2, 0.25) is 0 Å². The summed E-state index contributed by atoms with van der Waals surface area (Å²) >= 11 is 0. The summed E-state index contributed by atoms with van der Waals surface area (Å²) in [6.07, 6.45) is 0.871. The first-order valence-electron chi connectivity index (χ1n) is 10.4. The van der Waals surface area contributed by atoms with Gasteiger partial charge in [-0.1, -0.05) is 18.2 Å². The van der Waals surface area contributed by atoms with Crippen molar-refractivity contribution >= 4 is 23.2 Å². The minimum absolute atomic E-state index is 0.0159. The molecule has 7 heteroatoms. The second kappa shape index (κ2) is 9.53. The molecule has 0 unspecified atom stereocenters. The lowest BCUT2D eigenvalue weighted by molar-refractivity contribution is -0.115. The molecule has 4 rings (SSSR count). The Kier molecular flexibility index (Phi) is 6.37. The summed E-state index contributed by atoms with van der Waals surface area (Å²) in [5.74, 6) is 0.234. The van der Waals surface area contributed by atoms with Gasteiger partial charge in [0.05, 0.1) is 19.6 Å². The summed E-state index contributed by atoms with van der Waals surface area (Å²) in [5, 5.41) is 2.84. The van der Waals surface area contributed by atoms with Gasteiger partial charge in [-0.15, -0.1) is 0 Å². The second-order valence-electron chi connectivity index (χ2n) is 7.57. The Hall–Kier alpha value is -3.84. The highest BCUT2D eigenvalue weighted by Gasteiger charge is 2.19. The third-order valence-corrected chi connectivity index (χ3v) is 5.36. The molecule has 0 fully saturated rings. The van der Waals surface area contributed by atoms with E-state index >= 15 is 0 Å². The summed E-state index contributed by atoms with van der Waals surface area (Å²) in [5.41, 5.74) is 16.9. The molecule has 3 aromatic carbocycles. The summed E-state index contributed by atoms with van der Waals surface area (Å²) in [6.45, 7) is 1.22. The number of nitrogens with one attached hydrogen (secondary N) is 1.